The number of hydrogen-bond donors (Lipinski definition) is 1. The summed E-state index contributed by atoms with van der Waals surface area (Å²) in [6.07, 6.45) is -3.64. The van der Waals surface area contributed by atoms with Crippen molar-refractivity contribution in [3.8, 4) is 0 Å². The Morgan fingerprint density at radius 2 is 1.80 bits per heavy atom. The molecule has 0 amide bonds. The molecule has 4 rings (SSSR count). The van der Waals surface area contributed by atoms with E-state index in [1.807, 2.05) is 30.3 Å². The van der Waals surface area contributed by atoms with Crippen molar-refractivity contribution >= 4 is 5.97 Å². The molecule has 2 saturated heterocycles. The lowest BCUT2D eigenvalue weighted by molar-refractivity contribution is -0.359. The minimum Gasteiger partial charge on any atom is -0.450 e. The Labute approximate surface area is 174 Å². The van der Waals surface area contributed by atoms with Gasteiger partial charge in [-0.15, -0.1) is 6.58 Å². The summed E-state index contributed by atoms with van der Waals surface area (Å²) >= 11 is 0. The van der Waals surface area contributed by atoms with E-state index in [2.05, 4.69) is 6.58 Å². The Hall–Kier alpha value is -2.55. The minimum absolute atomic E-state index is 0.169. The van der Waals surface area contributed by atoms with Crippen LogP contribution < -0.4 is 0 Å². The number of aliphatic hydroxyl groups is 1. The molecule has 0 saturated carbocycles. The van der Waals surface area contributed by atoms with Crippen molar-refractivity contribution in [2.75, 3.05) is 13.2 Å². The van der Waals surface area contributed by atoms with E-state index in [1.165, 1.54) is 0 Å². The molecule has 0 spiro atoms. The minimum atomic E-state index is -1.17. The van der Waals surface area contributed by atoms with Crippen molar-refractivity contribution in [3.05, 3.63) is 84.4 Å². The molecule has 6 atom stereocenters. The topological polar surface area (TPSA) is 83.5 Å². The average Bonchev–Trinajstić information content (AvgIpc) is 2.80. The molecule has 0 bridgehead atoms. The van der Waals surface area contributed by atoms with Crippen LogP contribution in [0.1, 0.15) is 22.2 Å². The van der Waals surface area contributed by atoms with Crippen molar-refractivity contribution in [2.45, 2.75) is 37.0 Å². The maximum absolute atomic E-state index is 12.6. The van der Waals surface area contributed by atoms with Crippen molar-refractivity contribution < 1.29 is 33.6 Å². The summed E-state index contributed by atoms with van der Waals surface area (Å²) in [5.41, 5.74) is 1.19. The van der Waals surface area contributed by atoms with E-state index >= 15 is 0 Å². The molecule has 2 fully saturated rings. The van der Waals surface area contributed by atoms with Gasteiger partial charge in [-0.05, 0) is 12.1 Å². The largest absolute Gasteiger partial charge is 0.450 e. The SMILES string of the molecule is C=CCO[C@H]1O[C@@H]2CO[C@@H](c3ccccc3)O[C@H]2[C@H](O)[C@H]1OC(=O)c1ccccc1. The maximum Gasteiger partial charge on any atom is 0.338 e. The lowest BCUT2D eigenvalue weighted by atomic mass is 9.97. The van der Waals surface area contributed by atoms with Crippen LogP contribution in [-0.4, -0.2) is 55.0 Å². The Morgan fingerprint density at radius 1 is 1.10 bits per heavy atom. The summed E-state index contributed by atoms with van der Waals surface area (Å²) in [4.78, 5) is 12.6. The molecular weight excluding hydrogens is 388 g/mol. The van der Waals surface area contributed by atoms with Crippen LogP contribution in [-0.2, 0) is 23.7 Å². The molecule has 158 valence electrons. The molecule has 0 aliphatic carbocycles. The fraction of sp³-hybridized carbons (Fsp3) is 0.348. The summed E-state index contributed by atoms with van der Waals surface area (Å²) in [5.74, 6) is -0.583. The third-order valence-corrected chi connectivity index (χ3v) is 5.01. The number of carbonyl (C=O) groups is 1. The molecule has 7 heteroatoms. The first-order chi connectivity index (χ1) is 14.7. The fourth-order valence-corrected chi connectivity index (χ4v) is 3.53. The van der Waals surface area contributed by atoms with Crippen LogP contribution in [0, 0.1) is 0 Å². The Kier molecular flexibility index (Phi) is 6.56. The number of aliphatic hydroxyl groups excluding tert-OH is 1. The van der Waals surface area contributed by atoms with Gasteiger partial charge < -0.3 is 28.8 Å². The highest BCUT2D eigenvalue weighted by Gasteiger charge is 2.51. The Morgan fingerprint density at radius 3 is 2.50 bits per heavy atom. The van der Waals surface area contributed by atoms with E-state index in [0.717, 1.165) is 5.56 Å². The van der Waals surface area contributed by atoms with Gasteiger partial charge in [-0.1, -0.05) is 54.6 Å². The Balaban J connectivity index is 1.52. The number of carbonyl (C=O) groups excluding carboxylic acids is 1. The van der Waals surface area contributed by atoms with Crippen molar-refractivity contribution in [3.63, 3.8) is 0 Å². The molecule has 2 aromatic carbocycles. The van der Waals surface area contributed by atoms with Gasteiger partial charge in [0.05, 0.1) is 18.8 Å². The predicted molar refractivity (Wildman–Crippen MR) is 106 cm³/mol. The van der Waals surface area contributed by atoms with Gasteiger partial charge in [-0.25, -0.2) is 4.79 Å². The number of hydrogen-bond acceptors (Lipinski definition) is 7. The van der Waals surface area contributed by atoms with Crippen LogP contribution in [0.3, 0.4) is 0 Å². The van der Waals surface area contributed by atoms with Gasteiger partial charge in [0.25, 0.3) is 0 Å². The van der Waals surface area contributed by atoms with Crippen molar-refractivity contribution in [1.82, 2.24) is 0 Å². The van der Waals surface area contributed by atoms with Crippen LogP contribution in [0.2, 0.25) is 0 Å². The first kappa shape index (κ1) is 20.7. The molecule has 2 aliphatic heterocycles. The molecule has 1 N–H and O–H groups in total. The standard InChI is InChI=1S/C23H24O7/c1-2-13-26-23-20(29-21(25)15-9-5-3-6-10-15)18(24)19-17(28-23)14-27-22(30-19)16-11-7-4-8-12-16/h2-12,17-20,22-24H,1,13-14H2/t17-,18+,19-,20-,22-,23+/m1/s1. The maximum atomic E-state index is 12.6. The molecule has 0 aromatic heterocycles. The van der Waals surface area contributed by atoms with Gasteiger partial charge in [0, 0.05) is 5.56 Å². The van der Waals surface area contributed by atoms with Crippen LogP contribution in [0.15, 0.2) is 73.3 Å². The van der Waals surface area contributed by atoms with Gasteiger partial charge in [-0.3, -0.25) is 0 Å². The average molecular weight is 412 g/mol. The van der Waals surface area contributed by atoms with Crippen LogP contribution in [0.4, 0.5) is 0 Å². The summed E-state index contributed by atoms with van der Waals surface area (Å²) in [6.45, 7) is 3.99. The number of benzene rings is 2. The lowest BCUT2D eigenvalue weighted by Gasteiger charge is -2.47. The molecule has 2 heterocycles. The van der Waals surface area contributed by atoms with E-state index in [9.17, 15) is 9.90 Å². The van der Waals surface area contributed by atoms with Gasteiger partial charge in [0.15, 0.2) is 18.7 Å². The highest BCUT2D eigenvalue weighted by Crippen LogP contribution is 2.35. The number of esters is 1. The smallest absolute Gasteiger partial charge is 0.338 e. The van der Waals surface area contributed by atoms with Crippen molar-refractivity contribution in [1.29, 1.82) is 0 Å². The second-order valence-electron chi connectivity index (χ2n) is 7.07. The zero-order valence-corrected chi connectivity index (χ0v) is 16.3. The van der Waals surface area contributed by atoms with Gasteiger partial charge >= 0.3 is 5.97 Å². The summed E-state index contributed by atoms with van der Waals surface area (Å²) in [5, 5.41) is 11.1. The second kappa shape index (κ2) is 9.51. The second-order valence-corrected chi connectivity index (χ2v) is 7.07. The zero-order chi connectivity index (χ0) is 20.9. The molecule has 30 heavy (non-hydrogen) atoms. The molecule has 2 aliphatic rings. The zero-order valence-electron chi connectivity index (χ0n) is 16.3. The normalized spacial score (nSPS) is 30.8. The molecule has 0 radical (unpaired) electrons. The molecule has 2 aromatic rings. The Bertz CT molecular complexity index is 841. The number of rotatable bonds is 6. The summed E-state index contributed by atoms with van der Waals surface area (Å²) in [6, 6.07) is 18.0. The van der Waals surface area contributed by atoms with Gasteiger partial charge in [0.1, 0.15) is 18.3 Å². The van der Waals surface area contributed by atoms with Gasteiger partial charge in [0.2, 0.25) is 0 Å². The molecular formula is C23H24O7. The van der Waals surface area contributed by atoms with E-state index < -0.39 is 43.0 Å². The highest BCUT2D eigenvalue weighted by molar-refractivity contribution is 5.89. The first-order valence-electron chi connectivity index (χ1n) is 9.81. The van der Waals surface area contributed by atoms with E-state index in [4.69, 9.17) is 23.7 Å². The van der Waals surface area contributed by atoms with E-state index in [0.29, 0.717) is 5.56 Å². The predicted octanol–water partition coefficient (Wildman–Crippen LogP) is 2.61. The molecule has 0 unspecified atom stereocenters. The number of ether oxygens (including phenoxy) is 5. The first-order valence-corrected chi connectivity index (χ1v) is 9.81. The van der Waals surface area contributed by atoms with Crippen LogP contribution in [0.5, 0.6) is 0 Å². The third-order valence-electron chi connectivity index (χ3n) is 5.01. The van der Waals surface area contributed by atoms with E-state index in [-0.39, 0.29) is 13.2 Å². The quantitative estimate of drug-likeness (QED) is 0.577. The van der Waals surface area contributed by atoms with Gasteiger partial charge in [-0.2, -0.15) is 0 Å². The molecule has 7 nitrogen and oxygen atoms in total. The number of fused-ring (bicyclic) bond motifs is 1. The lowest BCUT2D eigenvalue weighted by Crippen LogP contribution is -2.63. The monoisotopic (exact) mass is 412 g/mol. The fourth-order valence-electron chi connectivity index (χ4n) is 3.53. The van der Waals surface area contributed by atoms with E-state index in [1.54, 1.807) is 36.4 Å². The van der Waals surface area contributed by atoms with Crippen LogP contribution >= 0.6 is 0 Å². The highest BCUT2D eigenvalue weighted by atomic mass is 16.8. The summed E-state index contributed by atoms with van der Waals surface area (Å²) in [7, 11) is 0. The summed E-state index contributed by atoms with van der Waals surface area (Å²) < 4.78 is 28.9. The van der Waals surface area contributed by atoms with Crippen LogP contribution in [0.25, 0.3) is 0 Å². The van der Waals surface area contributed by atoms with Crippen molar-refractivity contribution in [2.24, 2.45) is 0 Å². The third kappa shape index (κ3) is 4.45.